The SMILES string of the molecule is CCC1CCC(C)N1CCC(O)c1ccccc1C. The molecule has 2 rings (SSSR count). The zero-order valence-corrected chi connectivity index (χ0v) is 12.5. The van der Waals surface area contributed by atoms with Crippen LogP contribution in [0, 0.1) is 6.92 Å². The van der Waals surface area contributed by atoms with Gasteiger partial charge in [0.2, 0.25) is 0 Å². The van der Waals surface area contributed by atoms with Crippen molar-refractivity contribution in [3.8, 4) is 0 Å². The van der Waals surface area contributed by atoms with Gasteiger partial charge in [-0.25, -0.2) is 0 Å². The van der Waals surface area contributed by atoms with Crippen LogP contribution in [0.15, 0.2) is 24.3 Å². The molecular weight excluding hydrogens is 234 g/mol. The van der Waals surface area contributed by atoms with Gasteiger partial charge in [-0.15, -0.1) is 0 Å². The van der Waals surface area contributed by atoms with E-state index in [1.807, 2.05) is 18.2 Å². The highest BCUT2D eigenvalue weighted by molar-refractivity contribution is 5.27. The monoisotopic (exact) mass is 261 g/mol. The van der Waals surface area contributed by atoms with Gasteiger partial charge in [-0.3, -0.25) is 4.90 Å². The summed E-state index contributed by atoms with van der Waals surface area (Å²) in [6, 6.07) is 9.56. The van der Waals surface area contributed by atoms with Crippen molar-refractivity contribution < 1.29 is 5.11 Å². The highest BCUT2D eigenvalue weighted by Crippen LogP contribution is 2.28. The van der Waals surface area contributed by atoms with Crippen LogP contribution in [0.25, 0.3) is 0 Å². The van der Waals surface area contributed by atoms with Crippen molar-refractivity contribution in [3.63, 3.8) is 0 Å². The molecule has 1 aliphatic rings. The minimum Gasteiger partial charge on any atom is -0.388 e. The molecule has 1 aliphatic heterocycles. The second-order valence-electron chi connectivity index (χ2n) is 5.89. The summed E-state index contributed by atoms with van der Waals surface area (Å²) in [6.45, 7) is 7.67. The lowest BCUT2D eigenvalue weighted by molar-refractivity contribution is 0.122. The van der Waals surface area contributed by atoms with E-state index in [4.69, 9.17) is 0 Å². The molecule has 19 heavy (non-hydrogen) atoms. The summed E-state index contributed by atoms with van der Waals surface area (Å²) in [5.74, 6) is 0. The van der Waals surface area contributed by atoms with Crippen molar-refractivity contribution in [1.29, 1.82) is 0 Å². The van der Waals surface area contributed by atoms with Crippen molar-refractivity contribution >= 4 is 0 Å². The first-order chi connectivity index (χ1) is 9.13. The van der Waals surface area contributed by atoms with Gasteiger partial charge in [-0.05, 0) is 50.7 Å². The van der Waals surface area contributed by atoms with Crippen LogP contribution in [0.2, 0.25) is 0 Å². The van der Waals surface area contributed by atoms with Crippen molar-refractivity contribution in [2.45, 2.75) is 64.6 Å². The Hall–Kier alpha value is -0.860. The molecule has 1 aromatic rings. The van der Waals surface area contributed by atoms with E-state index >= 15 is 0 Å². The van der Waals surface area contributed by atoms with E-state index in [0.29, 0.717) is 6.04 Å². The molecule has 0 aliphatic carbocycles. The van der Waals surface area contributed by atoms with Gasteiger partial charge in [-0.1, -0.05) is 31.2 Å². The Labute approximate surface area is 117 Å². The summed E-state index contributed by atoms with van der Waals surface area (Å²) in [5.41, 5.74) is 2.28. The smallest absolute Gasteiger partial charge is 0.0804 e. The van der Waals surface area contributed by atoms with E-state index in [1.165, 1.54) is 24.8 Å². The normalized spacial score (nSPS) is 25.7. The van der Waals surface area contributed by atoms with Gasteiger partial charge in [0.25, 0.3) is 0 Å². The number of benzene rings is 1. The average Bonchev–Trinajstić information content (AvgIpc) is 2.77. The standard InChI is InChI=1S/C17H27NO/c1-4-15-10-9-14(3)18(15)12-11-17(19)16-8-6-5-7-13(16)2/h5-8,14-15,17,19H,4,9-12H2,1-3H3. The van der Waals surface area contributed by atoms with Crippen LogP contribution < -0.4 is 0 Å². The van der Waals surface area contributed by atoms with E-state index in [2.05, 4.69) is 31.7 Å². The van der Waals surface area contributed by atoms with Gasteiger partial charge in [0.05, 0.1) is 6.10 Å². The molecule has 0 bridgehead atoms. The Morgan fingerprint density at radius 1 is 1.32 bits per heavy atom. The molecule has 1 heterocycles. The summed E-state index contributed by atoms with van der Waals surface area (Å²) < 4.78 is 0. The number of likely N-dealkylation sites (tertiary alicyclic amines) is 1. The first-order valence-electron chi connectivity index (χ1n) is 7.62. The maximum atomic E-state index is 10.4. The van der Waals surface area contributed by atoms with Crippen LogP contribution in [-0.2, 0) is 0 Å². The topological polar surface area (TPSA) is 23.5 Å². The molecule has 3 unspecified atom stereocenters. The van der Waals surface area contributed by atoms with Crippen molar-refractivity contribution in [3.05, 3.63) is 35.4 Å². The third-order valence-electron chi connectivity index (χ3n) is 4.63. The number of aliphatic hydroxyl groups is 1. The number of hydrogen-bond acceptors (Lipinski definition) is 2. The molecule has 0 spiro atoms. The van der Waals surface area contributed by atoms with E-state index < -0.39 is 0 Å². The highest BCUT2D eigenvalue weighted by Gasteiger charge is 2.29. The molecule has 1 saturated heterocycles. The predicted octanol–water partition coefficient (Wildman–Crippen LogP) is 3.68. The molecule has 0 amide bonds. The van der Waals surface area contributed by atoms with Gasteiger partial charge < -0.3 is 5.11 Å². The maximum absolute atomic E-state index is 10.4. The quantitative estimate of drug-likeness (QED) is 0.874. The zero-order chi connectivity index (χ0) is 13.8. The van der Waals surface area contributed by atoms with Gasteiger partial charge in [0.1, 0.15) is 0 Å². The van der Waals surface area contributed by atoms with E-state index in [9.17, 15) is 5.11 Å². The van der Waals surface area contributed by atoms with Gasteiger partial charge in [0, 0.05) is 18.6 Å². The van der Waals surface area contributed by atoms with E-state index in [1.54, 1.807) is 0 Å². The minimum absolute atomic E-state index is 0.327. The Bertz CT molecular complexity index is 404. The molecule has 2 nitrogen and oxygen atoms in total. The highest BCUT2D eigenvalue weighted by atomic mass is 16.3. The van der Waals surface area contributed by atoms with Crippen LogP contribution in [0.3, 0.4) is 0 Å². The molecule has 1 fully saturated rings. The molecule has 0 radical (unpaired) electrons. The Kier molecular flexibility index (Phi) is 5.00. The third kappa shape index (κ3) is 3.37. The van der Waals surface area contributed by atoms with Crippen LogP contribution in [0.5, 0.6) is 0 Å². The van der Waals surface area contributed by atoms with Crippen LogP contribution in [-0.4, -0.2) is 28.6 Å². The summed E-state index contributed by atoms with van der Waals surface area (Å²) in [7, 11) is 0. The Morgan fingerprint density at radius 3 is 2.74 bits per heavy atom. The Morgan fingerprint density at radius 2 is 2.05 bits per heavy atom. The van der Waals surface area contributed by atoms with Crippen LogP contribution in [0.4, 0.5) is 0 Å². The van der Waals surface area contributed by atoms with Crippen LogP contribution in [0.1, 0.15) is 56.8 Å². The van der Waals surface area contributed by atoms with Crippen LogP contribution >= 0.6 is 0 Å². The maximum Gasteiger partial charge on any atom is 0.0804 e. The fraction of sp³-hybridized carbons (Fsp3) is 0.647. The van der Waals surface area contributed by atoms with Gasteiger partial charge in [-0.2, -0.15) is 0 Å². The molecule has 1 N–H and O–H groups in total. The van der Waals surface area contributed by atoms with Crippen molar-refractivity contribution in [1.82, 2.24) is 4.90 Å². The first-order valence-corrected chi connectivity index (χ1v) is 7.62. The second kappa shape index (κ2) is 6.53. The molecule has 0 saturated carbocycles. The summed E-state index contributed by atoms with van der Waals surface area (Å²) in [4.78, 5) is 2.58. The summed E-state index contributed by atoms with van der Waals surface area (Å²) in [6.07, 6.45) is 4.36. The van der Waals surface area contributed by atoms with E-state index in [-0.39, 0.29) is 6.10 Å². The summed E-state index contributed by atoms with van der Waals surface area (Å²) in [5, 5.41) is 10.4. The summed E-state index contributed by atoms with van der Waals surface area (Å²) >= 11 is 0. The predicted molar refractivity (Wildman–Crippen MR) is 80.2 cm³/mol. The average molecular weight is 261 g/mol. The van der Waals surface area contributed by atoms with Crippen molar-refractivity contribution in [2.24, 2.45) is 0 Å². The lowest BCUT2D eigenvalue weighted by Crippen LogP contribution is -2.35. The fourth-order valence-corrected chi connectivity index (χ4v) is 3.35. The molecule has 0 aromatic heterocycles. The Balaban J connectivity index is 1.93. The van der Waals surface area contributed by atoms with Gasteiger partial charge >= 0.3 is 0 Å². The number of aryl methyl sites for hydroxylation is 1. The molecule has 106 valence electrons. The third-order valence-corrected chi connectivity index (χ3v) is 4.63. The lowest BCUT2D eigenvalue weighted by atomic mass is 10.0. The van der Waals surface area contributed by atoms with Gasteiger partial charge in [0.15, 0.2) is 0 Å². The first kappa shape index (κ1) is 14.5. The lowest BCUT2D eigenvalue weighted by Gasteiger charge is -2.28. The number of hydrogen-bond donors (Lipinski definition) is 1. The number of nitrogens with zero attached hydrogens (tertiary/aromatic N) is 1. The number of rotatable bonds is 5. The molecular formula is C17H27NO. The zero-order valence-electron chi connectivity index (χ0n) is 12.5. The fourth-order valence-electron chi connectivity index (χ4n) is 3.35. The van der Waals surface area contributed by atoms with Crippen molar-refractivity contribution in [2.75, 3.05) is 6.54 Å². The minimum atomic E-state index is -0.327. The molecule has 1 aromatic carbocycles. The number of aliphatic hydroxyl groups excluding tert-OH is 1. The molecule has 2 heteroatoms. The molecule has 3 atom stereocenters. The second-order valence-corrected chi connectivity index (χ2v) is 5.89. The largest absolute Gasteiger partial charge is 0.388 e. The van der Waals surface area contributed by atoms with E-state index in [0.717, 1.165) is 24.6 Å².